The first-order valence-corrected chi connectivity index (χ1v) is 11.4. The molecule has 36 heavy (non-hydrogen) atoms. The number of nitrogens with zero attached hydrogens (tertiary/aromatic N) is 2. The normalized spacial score (nSPS) is 22.1. The van der Waals surface area contributed by atoms with Crippen molar-refractivity contribution in [2.45, 2.75) is 43.8 Å². The number of benzene rings is 2. The molecule has 2 aliphatic rings. The van der Waals surface area contributed by atoms with E-state index in [2.05, 4.69) is 21.2 Å². The van der Waals surface area contributed by atoms with Gasteiger partial charge in [-0.05, 0) is 63.8 Å². The molecule has 3 atom stereocenters. The van der Waals surface area contributed by atoms with Gasteiger partial charge >= 0.3 is 12.2 Å². The maximum atomic E-state index is 14.8. The predicted molar refractivity (Wildman–Crippen MR) is 117 cm³/mol. The van der Waals surface area contributed by atoms with E-state index >= 15 is 0 Å². The van der Waals surface area contributed by atoms with Crippen LogP contribution in [0.4, 0.5) is 31.1 Å². The fourth-order valence-electron chi connectivity index (χ4n) is 4.40. The van der Waals surface area contributed by atoms with Gasteiger partial charge in [0.05, 0.1) is 4.47 Å². The molecule has 1 fully saturated rings. The lowest BCUT2D eigenvalue weighted by Crippen LogP contribution is -2.51. The van der Waals surface area contributed by atoms with Gasteiger partial charge in [-0.3, -0.25) is 14.5 Å². The van der Waals surface area contributed by atoms with Crippen molar-refractivity contribution >= 4 is 33.8 Å². The van der Waals surface area contributed by atoms with Gasteiger partial charge in [0.25, 0.3) is 5.91 Å². The molecule has 13 heteroatoms. The number of hydrogen-bond donors (Lipinski definition) is 1. The molecule has 4 amide bonds. The number of fused-ring (bicyclic) bond motifs is 2. The van der Waals surface area contributed by atoms with E-state index in [1.54, 1.807) is 0 Å². The number of amides is 4. The number of alkyl halides is 4. The van der Waals surface area contributed by atoms with Gasteiger partial charge in [-0.15, -0.1) is 0 Å². The van der Waals surface area contributed by atoms with Crippen molar-refractivity contribution < 1.29 is 40.7 Å². The summed E-state index contributed by atoms with van der Waals surface area (Å²) in [5.41, 5.74) is -1.98. The average Bonchev–Trinajstić information content (AvgIpc) is 3.19. The van der Waals surface area contributed by atoms with Crippen LogP contribution in [0.25, 0.3) is 0 Å². The molecule has 1 N–H and O–H groups in total. The fourth-order valence-corrected chi connectivity index (χ4v) is 4.76. The van der Waals surface area contributed by atoms with Gasteiger partial charge in [-0.1, -0.05) is 12.1 Å². The molecule has 1 saturated heterocycles. The van der Waals surface area contributed by atoms with Gasteiger partial charge in [0.15, 0.2) is 0 Å². The van der Waals surface area contributed by atoms with Gasteiger partial charge in [0, 0.05) is 13.0 Å². The second-order valence-electron chi connectivity index (χ2n) is 8.62. The van der Waals surface area contributed by atoms with Crippen molar-refractivity contribution in [1.29, 1.82) is 0 Å². The smallest absolute Gasteiger partial charge is 0.325 e. The number of carbonyl (C=O) groups excluding carboxylic acids is 3. The Bertz CT molecular complexity index is 1240. The molecule has 0 aromatic heterocycles. The summed E-state index contributed by atoms with van der Waals surface area (Å²) in [5, 5.41) is 2.30. The standard InChI is InChI=1S/C23H18BrF6N3O3/c1-11(23(28,29)30)32(9-12-2-4-13(25)5-3-12)19(34)10-33-20(35)22(31-21(33)36)8-18(27)14-6-16(24)17(26)7-15(14)22/h2-7,11,18H,8-10H2,1H3,(H,31,36)/t11-,18?,22?/m0/s1. The summed E-state index contributed by atoms with van der Waals surface area (Å²) in [4.78, 5) is 39.7. The molecule has 0 bridgehead atoms. The Hall–Kier alpha value is -3.09. The Balaban J connectivity index is 1.62. The minimum Gasteiger partial charge on any atom is -0.325 e. The van der Waals surface area contributed by atoms with Gasteiger partial charge < -0.3 is 10.2 Å². The highest BCUT2D eigenvalue weighted by Crippen LogP contribution is 2.49. The Labute approximate surface area is 209 Å². The Morgan fingerprint density at radius 1 is 1.22 bits per heavy atom. The highest BCUT2D eigenvalue weighted by molar-refractivity contribution is 9.10. The Morgan fingerprint density at radius 2 is 1.86 bits per heavy atom. The van der Waals surface area contributed by atoms with Gasteiger partial charge in [-0.2, -0.15) is 13.2 Å². The van der Waals surface area contributed by atoms with E-state index in [0.717, 1.165) is 31.2 Å². The van der Waals surface area contributed by atoms with Crippen molar-refractivity contribution in [1.82, 2.24) is 15.1 Å². The largest absolute Gasteiger partial charge is 0.408 e. The van der Waals surface area contributed by atoms with E-state index in [1.807, 2.05) is 0 Å². The number of rotatable bonds is 5. The van der Waals surface area contributed by atoms with Crippen LogP contribution in [0.2, 0.25) is 0 Å². The maximum absolute atomic E-state index is 14.8. The van der Waals surface area contributed by atoms with Crippen LogP contribution in [0.1, 0.15) is 36.2 Å². The van der Waals surface area contributed by atoms with Gasteiger partial charge in [0.1, 0.15) is 35.9 Å². The topological polar surface area (TPSA) is 69.7 Å². The van der Waals surface area contributed by atoms with Crippen molar-refractivity contribution in [2.75, 3.05) is 6.54 Å². The van der Waals surface area contributed by atoms with E-state index in [0.29, 0.717) is 9.80 Å². The Kier molecular flexibility index (Phi) is 6.56. The van der Waals surface area contributed by atoms with Crippen LogP contribution >= 0.6 is 15.9 Å². The van der Waals surface area contributed by atoms with E-state index < -0.39 is 72.9 Å². The molecule has 2 aromatic rings. The van der Waals surface area contributed by atoms with Crippen molar-refractivity contribution in [2.24, 2.45) is 0 Å². The Morgan fingerprint density at radius 3 is 2.47 bits per heavy atom. The SMILES string of the molecule is C[C@H](N(Cc1ccc(F)cc1)C(=O)CN1C(=O)NC2(CC(F)c3cc(Br)c(F)cc32)C1=O)C(F)(F)F. The molecule has 4 rings (SSSR count). The zero-order chi connectivity index (χ0) is 26.6. The van der Waals surface area contributed by atoms with Crippen LogP contribution in [-0.4, -0.2) is 46.4 Å². The lowest BCUT2D eigenvalue weighted by atomic mass is 9.91. The third kappa shape index (κ3) is 4.44. The molecule has 0 radical (unpaired) electrons. The average molecular weight is 578 g/mol. The number of urea groups is 1. The first kappa shape index (κ1) is 26.0. The van der Waals surface area contributed by atoms with E-state index in [1.165, 1.54) is 12.1 Å². The molecule has 0 saturated carbocycles. The molecule has 192 valence electrons. The summed E-state index contributed by atoms with van der Waals surface area (Å²) in [6.07, 6.45) is -7.14. The number of nitrogens with one attached hydrogen (secondary N) is 1. The van der Waals surface area contributed by atoms with E-state index in [9.17, 15) is 40.7 Å². The van der Waals surface area contributed by atoms with Crippen LogP contribution < -0.4 is 5.32 Å². The molecule has 2 aromatic carbocycles. The van der Waals surface area contributed by atoms with Crippen LogP contribution in [0.3, 0.4) is 0 Å². The lowest BCUT2D eigenvalue weighted by molar-refractivity contribution is -0.187. The highest BCUT2D eigenvalue weighted by Gasteiger charge is 2.59. The monoisotopic (exact) mass is 577 g/mol. The number of halogens is 7. The first-order chi connectivity index (χ1) is 16.7. The summed E-state index contributed by atoms with van der Waals surface area (Å²) in [5.74, 6) is -3.74. The molecular weight excluding hydrogens is 560 g/mol. The highest BCUT2D eigenvalue weighted by atomic mass is 79.9. The van der Waals surface area contributed by atoms with Crippen LogP contribution in [-0.2, 0) is 21.7 Å². The summed E-state index contributed by atoms with van der Waals surface area (Å²) in [6.45, 7) is -0.918. The molecule has 1 heterocycles. The molecule has 2 unspecified atom stereocenters. The lowest BCUT2D eigenvalue weighted by Gasteiger charge is -2.32. The summed E-state index contributed by atoms with van der Waals surface area (Å²) >= 11 is 2.93. The molecule has 1 aliphatic carbocycles. The molecule has 1 spiro atoms. The second-order valence-corrected chi connectivity index (χ2v) is 9.47. The molecule has 1 aliphatic heterocycles. The minimum absolute atomic E-state index is 0.0336. The van der Waals surface area contributed by atoms with Gasteiger partial charge in [-0.25, -0.2) is 18.0 Å². The molecular formula is C23H18BrF6N3O3. The summed E-state index contributed by atoms with van der Waals surface area (Å²) in [7, 11) is 0. The fraction of sp³-hybridized carbons (Fsp3) is 0.348. The van der Waals surface area contributed by atoms with Crippen molar-refractivity contribution in [3.63, 3.8) is 0 Å². The van der Waals surface area contributed by atoms with Crippen molar-refractivity contribution in [3.05, 3.63) is 69.2 Å². The van der Waals surface area contributed by atoms with Gasteiger partial charge in [0.2, 0.25) is 5.91 Å². The summed E-state index contributed by atoms with van der Waals surface area (Å²) < 4.78 is 82.7. The second kappa shape index (κ2) is 9.09. The van der Waals surface area contributed by atoms with Crippen LogP contribution in [0.5, 0.6) is 0 Å². The number of carbonyl (C=O) groups is 3. The van der Waals surface area contributed by atoms with Crippen LogP contribution in [0, 0.1) is 11.6 Å². The first-order valence-electron chi connectivity index (χ1n) is 10.6. The quantitative estimate of drug-likeness (QED) is 0.407. The zero-order valence-corrected chi connectivity index (χ0v) is 20.1. The zero-order valence-electron chi connectivity index (χ0n) is 18.5. The van der Waals surface area contributed by atoms with E-state index in [4.69, 9.17) is 0 Å². The van der Waals surface area contributed by atoms with Crippen molar-refractivity contribution in [3.8, 4) is 0 Å². The van der Waals surface area contributed by atoms with Crippen LogP contribution in [0.15, 0.2) is 40.9 Å². The minimum atomic E-state index is -4.84. The third-order valence-corrected chi connectivity index (χ3v) is 6.98. The maximum Gasteiger partial charge on any atom is 0.408 e. The third-order valence-electron chi connectivity index (χ3n) is 6.37. The van der Waals surface area contributed by atoms with E-state index in [-0.39, 0.29) is 21.2 Å². The number of hydrogen-bond acceptors (Lipinski definition) is 3. The summed E-state index contributed by atoms with van der Waals surface area (Å²) in [6, 6.07) is 3.04. The molecule has 6 nitrogen and oxygen atoms in total. The number of imide groups is 1. The predicted octanol–water partition coefficient (Wildman–Crippen LogP) is 4.87.